The summed E-state index contributed by atoms with van der Waals surface area (Å²) < 4.78 is 0. The fourth-order valence-corrected chi connectivity index (χ4v) is 1.33. The zero-order valence-electron chi connectivity index (χ0n) is 11.4. The fraction of sp³-hybridized carbons (Fsp3) is 0.583. The van der Waals surface area contributed by atoms with E-state index in [0.717, 1.165) is 18.7 Å². The van der Waals surface area contributed by atoms with E-state index in [9.17, 15) is 4.79 Å². The molecule has 0 aliphatic heterocycles. The Balaban J connectivity index is 2.89. The lowest BCUT2D eigenvalue weighted by atomic mass is 10.1. The van der Waals surface area contributed by atoms with Crippen LogP contribution in [0.1, 0.15) is 32.9 Å². The number of nitrogens with one attached hydrogen (secondary N) is 2. The van der Waals surface area contributed by atoms with Gasteiger partial charge < -0.3 is 16.4 Å². The maximum absolute atomic E-state index is 11.3. The highest BCUT2D eigenvalue weighted by atomic mass is 16.1. The molecule has 1 aromatic heterocycles. The van der Waals surface area contributed by atoms with Crippen LogP contribution < -0.4 is 16.4 Å². The molecular formula is C12H21N5O. The zero-order chi connectivity index (χ0) is 13.8. The second kappa shape index (κ2) is 5.66. The third-order valence-electron chi connectivity index (χ3n) is 2.44. The molecule has 1 amide bonds. The highest BCUT2D eigenvalue weighted by molar-refractivity contribution is 5.86. The summed E-state index contributed by atoms with van der Waals surface area (Å²) in [6.45, 7) is 8.18. The number of hydrogen-bond acceptors (Lipinski definition) is 5. The topological polar surface area (TPSA) is 92.9 Å². The van der Waals surface area contributed by atoms with E-state index < -0.39 is 11.4 Å². The standard InChI is InChI=1S/C12H21N5O/c1-5-6-14-11-15-8(2)7-9(16-11)17-12(3,4)10(13)18/h7H,5-6H2,1-4H3,(H2,13,18)(H2,14,15,16,17). The first kappa shape index (κ1) is 14.2. The van der Waals surface area contributed by atoms with Crippen molar-refractivity contribution in [3.63, 3.8) is 0 Å². The Morgan fingerprint density at radius 1 is 1.44 bits per heavy atom. The molecule has 0 atom stereocenters. The van der Waals surface area contributed by atoms with Gasteiger partial charge in [0.2, 0.25) is 11.9 Å². The summed E-state index contributed by atoms with van der Waals surface area (Å²) >= 11 is 0. The number of carbonyl (C=O) groups excluding carboxylic acids is 1. The molecule has 1 heterocycles. The predicted molar refractivity (Wildman–Crippen MR) is 72.4 cm³/mol. The van der Waals surface area contributed by atoms with Crippen LogP contribution in [-0.4, -0.2) is 28.0 Å². The van der Waals surface area contributed by atoms with E-state index in [1.54, 1.807) is 19.9 Å². The van der Waals surface area contributed by atoms with E-state index in [2.05, 4.69) is 27.5 Å². The highest BCUT2D eigenvalue weighted by Crippen LogP contribution is 2.15. The number of hydrogen-bond donors (Lipinski definition) is 3. The summed E-state index contributed by atoms with van der Waals surface area (Å²) in [6, 6.07) is 1.78. The van der Waals surface area contributed by atoms with Crippen molar-refractivity contribution in [1.29, 1.82) is 0 Å². The van der Waals surface area contributed by atoms with Gasteiger partial charge in [-0.2, -0.15) is 4.98 Å². The van der Waals surface area contributed by atoms with Gasteiger partial charge in [-0.3, -0.25) is 4.79 Å². The van der Waals surface area contributed by atoms with Crippen LogP contribution in [0, 0.1) is 6.92 Å². The Morgan fingerprint density at radius 3 is 2.67 bits per heavy atom. The van der Waals surface area contributed by atoms with E-state index in [0.29, 0.717) is 11.8 Å². The second-order valence-electron chi connectivity index (χ2n) is 4.76. The molecule has 0 saturated carbocycles. The van der Waals surface area contributed by atoms with Gasteiger partial charge in [0, 0.05) is 18.3 Å². The molecule has 0 aliphatic carbocycles. The van der Waals surface area contributed by atoms with Crippen LogP contribution in [0.2, 0.25) is 0 Å². The number of amides is 1. The first-order valence-corrected chi connectivity index (χ1v) is 6.03. The number of rotatable bonds is 6. The van der Waals surface area contributed by atoms with Crippen LogP contribution in [0.4, 0.5) is 11.8 Å². The number of carbonyl (C=O) groups is 1. The molecule has 0 bridgehead atoms. The van der Waals surface area contributed by atoms with Crippen molar-refractivity contribution in [2.45, 2.75) is 39.7 Å². The summed E-state index contributed by atoms with van der Waals surface area (Å²) in [5.41, 5.74) is 5.29. The average molecular weight is 251 g/mol. The number of anilines is 2. The van der Waals surface area contributed by atoms with Gasteiger partial charge in [0.25, 0.3) is 0 Å². The monoisotopic (exact) mass is 251 g/mol. The number of aryl methyl sites for hydroxylation is 1. The van der Waals surface area contributed by atoms with Crippen molar-refractivity contribution in [2.75, 3.05) is 17.2 Å². The molecule has 100 valence electrons. The Kier molecular flexibility index (Phi) is 4.47. The molecule has 4 N–H and O–H groups in total. The van der Waals surface area contributed by atoms with E-state index in [1.165, 1.54) is 0 Å². The highest BCUT2D eigenvalue weighted by Gasteiger charge is 2.25. The van der Waals surface area contributed by atoms with E-state index in [1.807, 2.05) is 6.92 Å². The minimum absolute atomic E-state index is 0.429. The third kappa shape index (κ3) is 3.87. The number of aromatic nitrogens is 2. The van der Waals surface area contributed by atoms with E-state index in [-0.39, 0.29) is 0 Å². The Morgan fingerprint density at radius 2 is 2.11 bits per heavy atom. The summed E-state index contributed by atoms with van der Waals surface area (Å²) in [5, 5.41) is 6.12. The van der Waals surface area contributed by atoms with E-state index in [4.69, 9.17) is 5.73 Å². The Labute approximate surface area is 107 Å². The molecule has 0 radical (unpaired) electrons. The smallest absolute Gasteiger partial charge is 0.242 e. The van der Waals surface area contributed by atoms with Gasteiger partial charge in [-0.05, 0) is 27.2 Å². The van der Waals surface area contributed by atoms with Crippen LogP contribution in [0.5, 0.6) is 0 Å². The molecule has 0 fully saturated rings. The third-order valence-corrected chi connectivity index (χ3v) is 2.44. The molecule has 0 aromatic carbocycles. The van der Waals surface area contributed by atoms with Crippen molar-refractivity contribution in [3.05, 3.63) is 11.8 Å². The molecule has 0 unspecified atom stereocenters. The minimum atomic E-state index is -0.844. The van der Waals surface area contributed by atoms with Crippen molar-refractivity contribution in [3.8, 4) is 0 Å². The summed E-state index contributed by atoms with van der Waals surface area (Å²) in [5.74, 6) is 0.714. The minimum Gasteiger partial charge on any atom is -0.368 e. The molecule has 1 aromatic rings. The first-order valence-electron chi connectivity index (χ1n) is 6.03. The number of primary amides is 1. The zero-order valence-corrected chi connectivity index (χ0v) is 11.4. The van der Waals surface area contributed by atoms with Gasteiger partial charge in [0.05, 0.1) is 0 Å². The lowest BCUT2D eigenvalue weighted by molar-refractivity contribution is -0.121. The van der Waals surface area contributed by atoms with Crippen molar-refractivity contribution in [1.82, 2.24) is 9.97 Å². The molecule has 6 heteroatoms. The molecule has 0 aliphatic rings. The summed E-state index contributed by atoms with van der Waals surface area (Å²) in [6.07, 6.45) is 0.993. The normalized spacial score (nSPS) is 11.1. The molecule has 0 spiro atoms. The quantitative estimate of drug-likeness (QED) is 0.708. The Bertz CT molecular complexity index is 430. The van der Waals surface area contributed by atoms with Crippen LogP contribution in [0.15, 0.2) is 6.07 Å². The average Bonchev–Trinajstić information content (AvgIpc) is 2.24. The van der Waals surface area contributed by atoms with Crippen molar-refractivity contribution < 1.29 is 4.79 Å². The fourth-order valence-electron chi connectivity index (χ4n) is 1.33. The lowest BCUT2D eigenvalue weighted by Gasteiger charge is -2.23. The Hall–Kier alpha value is -1.85. The summed E-state index contributed by atoms with van der Waals surface area (Å²) in [4.78, 5) is 19.8. The van der Waals surface area contributed by atoms with Gasteiger partial charge in [0.15, 0.2) is 0 Å². The SMILES string of the molecule is CCCNc1nc(C)cc(NC(C)(C)C(N)=O)n1. The van der Waals surface area contributed by atoms with Gasteiger partial charge >= 0.3 is 0 Å². The number of nitrogens with zero attached hydrogens (tertiary/aromatic N) is 2. The van der Waals surface area contributed by atoms with E-state index >= 15 is 0 Å². The van der Waals surface area contributed by atoms with Gasteiger partial charge in [-0.15, -0.1) is 0 Å². The predicted octanol–water partition coefficient (Wildman–Crippen LogP) is 1.28. The van der Waals surface area contributed by atoms with Crippen LogP contribution >= 0.6 is 0 Å². The number of nitrogens with two attached hydrogens (primary N) is 1. The van der Waals surface area contributed by atoms with Gasteiger partial charge in [-0.25, -0.2) is 4.98 Å². The van der Waals surface area contributed by atoms with Gasteiger partial charge in [0.1, 0.15) is 11.4 Å². The maximum Gasteiger partial charge on any atom is 0.242 e. The second-order valence-corrected chi connectivity index (χ2v) is 4.76. The van der Waals surface area contributed by atoms with Crippen molar-refractivity contribution in [2.24, 2.45) is 5.73 Å². The van der Waals surface area contributed by atoms with Crippen molar-refractivity contribution >= 4 is 17.7 Å². The largest absolute Gasteiger partial charge is 0.368 e. The maximum atomic E-state index is 11.3. The van der Waals surface area contributed by atoms with Gasteiger partial charge in [-0.1, -0.05) is 6.92 Å². The molecule has 0 saturated heterocycles. The first-order chi connectivity index (χ1) is 8.35. The van der Waals surface area contributed by atoms with Crippen LogP contribution in [0.25, 0.3) is 0 Å². The molecule has 18 heavy (non-hydrogen) atoms. The van der Waals surface area contributed by atoms with Crippen LogP contribution in [0.3, 0.4) is 0 Å². The molecular weight excluding hydrogens is 230 g/mol. The molecule has 1 rings (SSSR count). The summed E-state index contributed by atoms with van der Waals surface area (Å²) in [7, 11) is 0. The lowest BCUT2D eigenvalue weighted by Crippen LogP contribution is -2.45. The van der Waals surface area contributed by atoms with Crippen LogP contribution in [-0.2, 0) is 4.79 Å². The molecule has 6 nitrogen and oxygen atoms in total.